The Bertz CT molecular complexity index is 462. The van der Waals surface area contributed by atoms with Gasteiger partial charge < -0.3 is 4.74 Å². The maximum atomic E-state index is 5.73. The molecule has 2 aromatic rings. The summed E-state index contributed by atoms with van der Waals surface area (Å²) in [4.78, 5) is 8.28. The lowest BCUT2D eigenvalue weighted by molar-refractivity contribution is 0.221. The Morgan fingerprint density at radius 3 is 2.88 bits per heavy atom. The van der Waals surface area contributed by atoms with Gasteiger partial charge in [-0.25, -0.2) is 0 Å². The number of hydrogen-bond acceptors (Lipinski definition) is 3. The molecule has 0 radical (unpaired) electrons. The average molecular weight is 279 g/mol. The van der Waals surface area contributed by atoms with Crippen LogP contribution in [0.3, 0.4) is 0 Å². The minimum Gasteiger partial charge on any atom is -0.483 e. The zero-order chi connectivity index (χ0) is 11.4. The van der Waals surface area contributed by atoms with Crippen molar-refractivity contribution in [1.29, 1.82) is 0 Å². The van der Waals surface area contributed by atoms with E-state index in [1.807, 2.05) is 31.2 Å². The van der Waals surface area contributed by atoms with Gasteiger partial charge in [0, 0.05) is 16.9 Å². The van der Waals surface area contributed by atoms with E-state index >= 15 is 0 Å². The molecule has 2 aromatic heterocycles. The Balaban J connectivity index is 2.11. The van der Waals surface area contributed by atoms with Crippen LogP contribution in [0.4, 0.5) is 0 Å². The summed E-state index contributed by atoms with van der Waals surface area (Å²) in [5, 5.41) is 0. The minimum absolute atomic E-state index is 0.0858. The summed E-state index contributed by atoms with van der Waals surface area (Å²) in [5.74, 6) is 0.729. The molecule has 0 amide bonds. The number of rotatable bonds is 3. The van der Waals surface area contributed by atoms with Crippen molar-refractivity contribution >= 4 is 15.9 Å². The van der Waals surface area contributed by atoms with Crippen molar-refractivity contribution in [3.63, 3.8) is 0 Å². The topological polar surface area (TPSA) is 35.0 Å². The third-order valence-electron chi connectivity index (χ3n) is 2.10. The van der Waals surface area contributed by atoms with Gasteiger partial charge >= 0.3 is 0 Å². The number of nitrogens with zero attached hydrogens (tertiary/aromatic N) is 2. The fraction of sp³-hybridized carbons (Fsp3) is 0.167. The lowest BCUT2D eigenvalue weighted by Crippen LogP contribution is -2.04. The summed E-state index contributed by atoms with van der Waals surface area (Å²) < 4.78 is 6.63. The summed E-state index contributed by atoms with van der Waals surface area (Å²) in [7, 11) is 0. The van der Waals surface area contributed by atoms with Crippen LogP contribution >= 0.6 is 15.9 Å². The molecule has 0 bridgehead atoms. The first-order valence-corrected chi connectivity index (χ1v) is 5.73. The number of aromatic nitrogens is 2. The van der Waals surface area contributed by atoms with Crippen molar-refractivity contribution in [3.8, 4) is 5.75 Å². The second-order valence-corrected chi connectivity index (χ2v) is 4.27. The molecule has 16 heavy (non-hydrogen) atoms. The van der Waals surface area contributed by atoms with Crippen molar-refractivity contribution in [2.45, 2.75) is 13.0 Å². The first-order chi connectivity index (χ1) is 7.75. The zero-order valence-electron chi connectivity index (χ0n) is 8.80. The predicted octanol–water partition coefficient (Wildman–Crippen LogP) is 3.38. The smallest absolute Gasteiger partial charge is 0.139 e. The third kappa shape index (κ3) is 2.79. The first kappa shape index (κ1) is 11.1. The van der Waals surface area contributed by atoms with Gasteiger partial charge in [0.25, 0.3) is 0 Å². The van der Waals surface area contributed by atoms with Gasteiger partial charge in [0.05, 0.1) is 11.9 Å². The van der Waals surface area contributed by atoms with Gasteiger partial charge in [0.2, 0.25) is 0 Å². The molecule has 0 aliphatic heterocycles. The van der Waals surface area contributed by atoms with E-state index in [1.54, 1.807) is 18.6 Å². The van der Waals surface area contributed by atoms with E-state index in [1.165, 1.54) is 0 Å². The van der Waals surface area contributed by atoms with E-state index in [9.17, 15) is 0 Å². The lowest BCUT2D eigenvalue weighted by Gasteiger charge is -2.13. The van der Waals surface area contributed by atoms with Crippen LogP contribution in [-0.2, 0) is 0 Å². The normalized spacial score (nSPS) is 12.1. The molecule has 1 atom stereocenters. The summed E-state index contributed by atoms with van der Waals surface area (Å²) in [5.41, 5.74) is 0.905. The molecule has 3 nitrogen and oxygen atoms in total. The molecule has 2 heterocycles. The van der Waals surface area contributed by atoms with E-state index in [0.717, 1.165) is 15.9 Å². The van der Waals surface area contributed by atoms with Crippen LogP contribution in [-0.4, -0.2) is 9.97 Å². The summed E-state index contributed by atoms with van der Waals surface area (Å²) in [6.45, 7) is 1.96. The molecule has 0 saturated carbocycles. The summed E-state index contributed by atoms with van der Waals surface area (Å²) in [6.07, 6.45) is 5.08. The molecule has 0 aliphatic rings. The van der Waals surface area contributed by atoms with E-state index in [-0.39, 0.29) is 6.10 Å². The van der Waals surface area contributed by atoms with Gasteiger partial charge in [-0.2, -0.15) is 0 Å². The van der Waals surface area contributed by atoms with Crippen LogP contribution in [0.25, 0.3) is 0 Å². The van der Waals surface area contributed by atoms with Crippen LogP contribution in [0.1, 0.15) is 18.7 Å². The Hall–Kier alpha value is -1.42. The largest absolute Gasteiger partial charge is 0.483 e. The zero-order valence-corrected chi connectivity index (χ0v) is 10.4. The molecule has 2 rings (SSSR count). The Labute approximate surface area is 103 Å². The molecule has 0 spiro atoms. The van der Waals surface area contributed by atoms with Gasteiger partial charge in [0.1, 0.15) is 11.9 Å². The first-order valence-electron chi connectivity index (χ1n) is 4.94. The molecular formula is C12H11BrN2O. The van der Waals surface area contributed by atoms with Gasteiger partial charge in [0.15, 0.2) is 0 Å². The highest BCUT2D eigenvalue weighted by Crippen LogP contribution is 2.21. The molecule has 4 heteroatoms. The van der Waals surface area contributed by atoms with Gasteiger partial charge in [-0.15, -0.1) is 0 Å². The number of ether oxygens (including phenoxy) is 1. The van der Waals surface area contributed by atoms with Gasteiger partial charge in [-0.05, 0) is 41.1 Å². The highest BCUT2D eigenvalue weighted by atomic mass is 79.9. The average Bonchev–Trinajstić information content (AvgIpc) is 2.30. The predicted molar refractivity (Wildman–Crippen MR) is 65.2 cm³/mol. The SMILES string of the molecule is C[C@@H](Oc1cncc(Br)c1)c1ccccn1. The number of hydrogen-bond donors (Lipinski definition) is 0. The minimum atomic E-state index is -0.0858. The number of halogens is 1. The quantitative estimate of drug-likeness (QED) is 0.864. The Kier molecular flexibility index (Phi) is 3.51. The van der Waals surface area contributed by atoms with Crippen LogP contribution in [0.5, 0.6) is 5.75 Å². The van der Waals surface area contributed by atoms with Crippen LogP contribution in [0, 0.1) is 0 Å². The summed E-state index contributed by atoms with van der Waals surface area (Å²) in [6, 6.07) is 7.65. The van der Waals surface area contributed by atoms with Gasteiger partial charge in [-0.1, -0.05) is 6.07 Å². The molecule has 82 valence electrons. The second-order valence-electron chi connectivity index (χ2n) is 3.35. The fourth-order valence-electron chi connectivity index (χ4n) is 1.34. The second kappa shape index (κ2) is 5.07. The van der Waals surface area contributed by atoms with Crippen molar-refractivity contribution in [2.75, 3.05) is 0 Å². The Morgan fingerprint density at radius 1 is 1.31 bits per heavy atom. The third-order valence-corrected chi connectivity index (χ3v) is 2.53. The monoisotopic (exact) mass is 278 g/mol. The van der Waals surface area contributed by atoms with Crippen LogP contribution in [0.15, 0.2) is 47.3 Å². The fourth-order valence-corrected chi connectivity index (χ4v) is 1.68. The van der Waals surface area contributed by atoms with E-state index in [0.29, 0.717) is 0 Å². The highest BCUT2D eigenvalue weighted by molar-refractivity contribution is 9.10. The number of pyridine rings is 2. The Morgan fingerprint density at radius 2 is 2.19 bits per heavy atom. The highest BCUT2D eigenvalue weighted by Gasteiger charge is 2.08. The molecule has 0 aromatic carbocycles. The lowest BCUT2D eigenvalue weighted by atomic mass is 10.2. The molecular weight excluding hydrogens is 268 g/mol. The van der Waals surface area contributed by atoms with E-state index in [2.05, 4.69) is 25.9 Å². The molecule has 0 unspecified atom stereocenters. The van der Waals surface area contributed by atoms with Crippen molar-refractivity contribution in [2.24, 2.45) is 0 Å². The summed E-state index contributed by atoms with van der Waals surface area (Å²) >= 11 is 3.35. The van der Waals surface area contributed by atoms with E-state index in [4.69, 9.17) is 4.74 Å². The van der Waals surface area contributed by atoms with E-state index < -0.39 is 0 Å². The molecule has 0 N–H and O–H groups in total. The van der Waals surface area contributed by atoms with Crippen molar-refractivity contribution < 1.29 is 4.74 Å². The maximum Gasteiger partial charge on any atom is 0.139 e. The molecule has 0 fully saturated rings. The molecule has 0 saturated heterocycles. The van der Waals surface area contributed by atoms with Crippen molar-refractivity contribution in [3.05, 3.63) is 53.0 Å². The van der Waals surface area contributed by atoms with Gasteiger partial charge in [-0.3, -0.25) is 9.97 Å². The van der Waals surface area contributed by atoms with Crippen LogP contribution in [0.2, 0.25) is 0 Å². The van der Waals surface area contributed by atoms with Crippen molar-refractivity contribution in [1.82, 2.24) is 9.97 Å². The molecule has 0 aliphatic carbocycles. The van der Waals surface area contributed by atoms with Crippen LogP contribution < -0.4 is 4.74 Å². The standard InChI is InChI=1S/C12H11BrN2O/c1-9(12-4-2-3-5-15-12)16-11-6-10(13)7-14-8-11/h2-9H,1H3/t9-/m1/s1. The maximum absolute atomic E-state index is 5.73.